The lowest BCUT2D eigenvalue weighted by Gasteiger charge is -2.32. The fraction of sp³-hybridized carbons (Fsp3) is 0.640. The maximum absolute atomic E-state index is 12.5. The van der Waals surface area contributed by atoms with Crippen LogP contribution in [0.1, 0.15) is 77.2 Å². The summed E-state index contributed by atoms with van der Waals surface area (Å²) in [5, 5.41) is 12.8. The number of benzene rings is 1. The second-order valence-electron chi connectivity index (χ2n) is 9.45. The van der Waals surface area contributed by atoms with Gasteiger partial charge in [-0.1, -0.05) is 36.8 Å². The van der Waals surface area contributed by atoms with Crippen molar-refractivity contribution in [2.24, 2.45) is 0 Å². The van der Waals surface area contributed by atoms with Crippen LogP contribution in [0, 0.1) is 0 Å². The zero-order chi connectivity index (χ0) is 24.4. The predicted octanol–water partition coefficient (Wildman–Crippen LogP) is 3.85. The quantitative estimate of drug-likeness (QED) is 0.423. The van der Waals surface area contributed by atoms with Crippen molar-refractivity contribution in [3.8, 4) is 0 Å². The Morgan fingerprint density at radius 2 is 1.73 bits per heavy atom. The molecule has 0 aromatic heterocycles. The summed E-state index contributed by atoms with van der Waals surface area (Å²) in [6.45, 7) is 5.16. The molecule has 2 rings (SSSR count). The third-order valence-corrected chi connectivity index (χ3v) is 5.62. The van der Waals surface area contributed by atoms with Crippen molar-refractivity contribution in [1.82, 2.24) is 5.32 Å². The maximum atomic E-state index is 12.5. The maximum Gasteiger partial charge on any atom is 0.408 e. The van der Waals surface area contributed by atoms with Crippen molar-refractivity contribution in [2.45, 2.75) is 95.5 Å². The summed E-state index contributed by atoms with van der Waals surface area (Å²) in [6.07, 6.45) is 2.06. The first-order valence-electron chi connectivity index (χ1n) is 11.6. The number of carbonyl (C=O) groups excluding carboxylic acids is 3. The molecule has 0 radical (unpaired) electrons. The molecule has 8 heteroatoms. The molecule has 0 aliphatic heterocycles. The van der Waals surface area contributed by atoms with Crippen LogP contribution in [0.5, 0.6) is 0 Å². The molecular formula is C25H37NO7. The van der Waals surface area contributed by atoms with E-state index in [4.69, 9.17) is 14.2 Å². The first-order chi connectivity index (χ1) is 15.6. The van der Waals surface area contributed by atoms with E-state index in [1.807, 2.05) is 30.3 Å². The number of hydrogen-bond acceptors (Lipinski definition) is 7. The van der Waals surface area contributed by atoms with E-state index in [1.54, 1.807) is 20.8 Å². The van der Waals surface area contributed by atoms with E-state index in [0.29, 0.717) is 6.42 Å². The molecule has 0 unspecified atom stereocenters. The second-order valence-corrected chi connectivity index (χ2v) is 9.45. The van der Waals surface area contributed by atoms with E-state index in [-0.39, 0.29) is 24.9 Å². The highest BCUT2D eigenvalue weighted by atomic mass is 16.6. The van der Waals surface area contributed by atoms with Gasteiger partial charge >= 0.3 is 18.0 Å². The van der Waals surface area contributed by atoms with E-state index < -0.39 is 35.8 Å². The van der Waals surface area contributed by atoms with E-state index in [0.717, 1.165) is 31.2 Å². The van der Waals surface area contributed by atoms with E-state index in [1.165, 1.54) is 7.11 Å². The highest BCUT2D eigenvalue weighted by molar-refractivity contribution is 5.81. The van der Waals surface area contributed by atoms with Crippen LogP contribution < -0.4 is 5.32 Å². The average molecular weight is 464 g/mol. The Bertz CT molecular complexity index is 775. The van der Waals surface area contributed by atoms with Crippen LogP contribution in [-0.4, -0.2) is 54.1 Å². The van der Waals surface area contributed by atoms with Gasteiger partial charge in [-0.3, -0.25) is 0 Å². The third kappa shape index (κ3) is 9.04. The monoisotopic (exact) mass is 463 g/mol. The average Bonchev–Trinajstić information content (AvgIpc) is 2.77. The van der Waals surface area contributed by atoms with Gasteiger partial charge in [-0.05, 0) is 64.9 Å². The molecule has 1 saturated carbocycles. The van der Waals surface area contributed by atoms with Crippen molar-refractivity contribution in [2.75, 3.05) is 7.11 Å². The summed E-state index contributed by atoms with van der Waals surface area (Å²) in [5.41, 5.74) is 0.431. The first kappa shape index (κ1) is 26.6. The molecule has 1 aliphatic rings. The minimum atomic E-state index is -1.30. The number of aliphatic hydroxyl groups is 1. The minimum Gasteiger partial charge on any atom is -0.467 e. The number of alkyl carbamates (subject to hydrolysis) is 1. The molecule has 4 atom stereocenters. The predicted molar refractivity (Wildman–Crippen MR) is 123 cm³/mol. The van der Waals surface area contributed by atoms with Gasteiger partial charge < -0.3 is 24.6 Å². The largest absolute Gasteiger partial charge is 0.467 e. The Morgan fingerprint density at radius 3 is 2.36 bits per heavy atom. The first-order valence-corrected chi connectivity index (χ1v) is 11.6. The molecule has 0 bridgehead atoms. The molecule has 0 spiro atoms. The van der Waals surface area contributed by atoms with E-state index >= 15 is 0 Å². The lowest BCUT2D eigenvalue weighted by Crippen LogP contribution is -2.44. The second kappa shape index (κ2) is 12.6. The summed E-state index contributed by atoms with van der Waals surface area (Å²) >= 11 is 0. The van der Waals surface area contributed by atoms with Gasteiger partial charge in [-0.25, -0.2) is 14.4 Å². The molecule has 1 fully saturated rings. The number of rotatable bonds is 9. The molecular weight excluding hydrogens is 426 g/mol. The molecule has 1 aromatic rings. The standard InChI is InChI=1S/C25H37NO7/c1-25(2,3)33-24(30)26-19(22(28)31-4)14-10-15-20(27)23(29)32-21-16-9-8-13-18(21)17-11-6-5-7-12-17/h5-7,11-12,18-21,27H,8-10,13-16H2,1-4H3,(H,26,30)/t18-,19+,20+,21+/m1/s1. The van der Waals surface area contributed by atoms with Crippen molar-refractivity contribution in [1.29, 1.82) is 0 Å². The molecule has 1 amide bonds. The van der Waals surface area contributed by atoms with Crippen LogP contribution >= 0.6 is 0 Å². The van der Waals surface area contributed by atoms with Crippen molar-refractivity contribution >= 4 is 18.0 Å². The molecule has 184 valence electrons. The van der Waals surface area contributed by atoms with Crippen LogP contribution in [-0.2, 0) is 23.8 Å². The van der Waals surface area contributed by atoms with Gasteiger partial charge in [0, 0.05) is 5.92 Å². The Balaban J connectivity index is 1.86. The highest BCUT2D eigenvalue weighted by Gasteiger charge is 2.32. The summed E-state index contributed by atoms with van der Waals surface area (Å²) in [5.74, 6) is -1.15. The summed E-state index contributed by atoms with van der Waals surface area (Å²) in [7, 11) is 1.23. The minimum absolute atomic E-state index is 0.102. The topological polar surface area (TPSA) is 111 Å². The summed E-state index contributed by atoms with van der Waals surface area (Å²) < 4.78 is 15.6. The van der Waals surface area contributed by atoms with Crippen molar-refractivity contribution in [3.63, 3.8) is 0 Å². The van der Waals surface area contributed by atoms with Gasteiger partial charge in [-0.2, -0.15) is 0 Å². The Kier molecular flexibility index (Phi) is 10.2. The molecule has 1 aromatic carbocycles. The van der Waals surface area contributed by atoms with E-state index in [9.17, 15) is 19.5 Å². The zero-order valence-electron chi connectivity index (χ0n) is 20.0. The van der Waals surface area contributed by atoms with Gasteiger partial charge in [0.2, 0.25) is 0 Å². The molecule has 0 saturated heterocycles. The zero-order valence-corrected chi connectivity index (χ0v) is 20.0. The molecule has 8 nitrogen and oxygen atoms in total. The van der Waals surface area contributed by atoms with E-state index in [2.05, 4.69) is 5.32 Å². The molecule has 2 N–H and O–H groups in total. The lowest BCUT2D eigenvalue weighted by molar-refractivity contribution is -0.162. The number of aliphatic hydroxyl groups excluding tert-OH is 1. The van der Waals surface area contributed by atoms with Gasteiger partial charge in [0.1, 0.15) is 17.7 Å². The SMILES string of the molecule is COC(=O)[C@H](CCC[C@H](O)C(=O)O[C@H]1CCCC[C@@H]1c1ccccc1)NC(=O)OC(C)(C)C. The number of methoxy groups -OCH3 is 1. The van der Waals surface area contributed by atoms with Crippen molar-refractivity contribution in [3.05, 3.63) is 35.9 Å². The number of ether oxygens (including phenoxy) is 3. The number of amides is 1. The fourth-order valence-corrected chi connectivity index (χ4v) is 4.02. The van der Waals surface area contributed by atoms with Crippen LogP contribution in [0.3, 0.4) is 0 Å². The number of esters is 2. The summed E-state index contributed by atoms with van der Waals surface area (Å²) in [6, 6.07) is 9.04. The highest BCUT2D eigenvalue weighted by Crippen LogP contribution is 2.35. The number of nitrogens with one attached hydrogen (secondary N) is 1. The molecule has 33 heavy (non-hydrogen) atoms. The third-order valence-electron chi connectivity index (χ3n) is 5.62. The number of carbonyl (C=O) groups is 3. The molecule has 1 aliphatic carbocycles. The lowest BCUT2D eigenvalue weighted by atomic mass is 9.81. The van der Waals surface area contributed by atoms with Crippen LogP contribution in [0.4, 0.5) is 4.79 Å². The Morgan fingerprint density at radius 1 is 1.06 bits per heavy atom. The fourth-order valence-electron chi connectivity index (χ4n) is 4.02. The normalized spacial score (nSPS) is 20.3. The van der Waals surface area contributed by atoms with Crippen LogP contribution in [0.25, 0.3) is 0 Å². The van der Waals surface area contributed by atoms with Crippen molar-refractivity contribution < 1.29 is 33.7 Å². The van der Waals surface area contributed by atoms with Gasteiger partial charge in [0.25, 0.3) is 0 Å². The molecule has 0 heterocycles. The Hall–Kier alpha value is -2.61. The van der Waals surface area contributed by atoms with Gasteiger partial charge in [0.05, 0.1) is 7.11 Å². The smallest absolute Gasteiger partial charge is 0.408 e. The van der Waals surface area contributed by atoms with Gasteiger partial charge in [0.15, 0.2) is 6.10 Å². The van der Waals surface area contributed by atoms with Crippen LogP contribution in [0.15, 0.2) is 30.3 Å². The number of hydrogen-bond donors (Lipinski definition) is 2. The summed E-state index contributed by atoms with van der Waals surface area (Å²) in [4.78, 5) is 36.5. The Labute approximate surface area is 196 Å². The van der Waals surface area contributed by atoms with Crippen LogP contribution in [0.2, 0.25) is 0 Å². The van der Waals surface area contributed by atoms with Gasteiger partial charge in [-0.15, -0.1) is 0 Å².